The Labute approximate surface area is 184 Å². The predicted molar refractivity (Wildman–Crippen MR) is 124 cm³/mol. The first-order valence-corrected chi connectivity index (χ1v) is 10.9. The van der Waals surface area contributed by atoms with Crippen LogP contribution in [0.25, 0.3) is 0 Å². The molecule has 0 saturated carbocycles. The van der Waals surface area contributed by atoms with Crippen molar-refractivity contribution >= 4 is 23.5 Å². The highest BCUT2D eigenvalue weighted by Gasteiger charge is 2.12. The van der Waals surface area contributed by atoms with Crippen molar-refractivity contribution in [2.75, 3.05) is 39.4 Å². The zero-order valence-corrected chi connectivity index (χ0v) is 18.3. The Kier molecular flexibility index (Phi) is 9.08. The Balaban J connectivity index is 1.31. The molecular formula is C23H31N4O2S+. The van der Waals surface area contributed by atoms with Crippen molar-refractivity contribution in [3.05, 3.63) is 65.2 Å². The number of quaternary nitrogens is 1. The number of nitrogens with zero attached hydrogens (tertiary/aromatic N) is 1. The van der Waals surface area contributed by atoms with Gasteiger partial charge in [0.15, 0.2) is 5.11 Å². The summed E-state index contributed by atoms with van der Waals surface area (Å²) in [5, 5.41) is 7.94. The number of hydrogen-bond donors (Lipinski definition) is 3. The first-order chi connectivity index (χ1) is 14.7. The van der Waals surface area contributed by atoms with Gasteiger partial charge in [0.25, 0.3) is 0 Å². The average molecular weight is 428 g/mol. The molecule has 30 heavy (non-hydrogen) atoms. The molecule has 6 nitrogen and oxygen atoms in total. The van der Waals surface area contributed by atoms with E-state index in [0.29, 0.717) is 11.7 Å². The molecule has 2 aromatic carbocycles. The smallest absolute Gasteiger partial charge is 0.186 e. The second-order valence-electron chi connectivity index (χ2n) is 7.44. The lowest BCUT2D eigenvalue weighted by atomic mass is 10.2. The molecule has 1 heterocycles. The van der Waals surface area contributed by atoms with Gasteiger partial charge in [0.2, 0.25) is 0 Å². The molecule has 0 atom stereocenters. The minimum absolute atomic E-state index is 0.543. The highest BCUT2D eigenvalue weighted by Crippen LogP contribution is 2.14. The van der Waals surface area contributed by atoms with Crippen LogP contribution >= 0.6 is 12.2 Å². The van der Waals surface area contributed by atoms with E-state index in [1.807, 2.05) is 24.3 Å². The van der Waals surface area contributed by atoms with Crippen LogP contribution in [0, 0.1) is 6.92 Å². The van der Waals surface area contributed by atoms with Crippen molar-refractivity contribution in [3.63, 3.8) is 0 Å². The number of hydrazone groups is 1. The summed E-state index contributed by atoms with van der Waals surface area (Å²) < 4.78 is 11.2. The lowest BCUT2D eigenvalue weighted by Gasteiger charge is -2.23. The van der Waals surface area contributed by atoms with Gasteiger partial charge in [0.1, 0.15) is 25.4 Å². The summed E-state index contributed by atoms with van der Waals surface area (Å²) in [6.07, 6.45) is 2.82. The Morgan fingerprint density at radius 1 is 1.13 bits per heavy atom. The number of ether oxygens (including phenoxy) is 2. The molecule has 1 fully saturated rings. The van der Waals surface area contributed by atoms with Gasteiger partial charge in [-0.3, -0.25) is 5.43 Å². The lowest BCUT2D eigenvalue weighted by Crippen LogP contribution is -3.14. The number of hydrogen-bond acceptors (Lipinski definition) is 4. The standard InChI is InChI=1S/C23H30N4O2S/c1-19-3-5-21(6-4-19)18-29-22-9-7-20(8-10-22)17-25-26-23(30)24-11-2-12-27-13-15-28-16-14-27/h3-10,17H,2,11-16,18H2,1H3,(H2,24,26,30)/p+1/b25-17-. The van der Waals surface area contributed by atoms with Crippen molar-refractivity contribution in [2.45, 2.75) is 20.0 Å². The molecule has 0 amide bonds. The van der Waals surface area contributed by atoms with Crippen LogP contribution in [0.15, 0.2) is 53.6 Å². The van der Waals surface area contributed by atoms with E-state index in [4.69, 9.17) is 21.7 Å². The third-order valence-corrected chi connectivity index (χ3v) is 5.21. The van der Waals surface area contributed by atoms with Gasteiger partial charge in [-0.15, -0.1) is 0 Å². The topological polar surface area (TPSA) is 59.3 Å². The molecule has 0 radical (unpaired) electrons. The number of thiocarbonyl (C=S) groups is 1. The quantitative estimate of drug-likeness (QED) is 0.246. The number of benzene rings is 2. The molecule has 0 unspecified atom stereocenters. The minimum Gasteiger partial charge on any atom is -0.489 e. The SMILES string of the molecule is Cc1ccc(COc2ccc(/C=N\NC(=S)NCCC[NH+]3CCOCC3)cc2)cc1. The van der Waals surface area contributed by atoms with Gasteiger partial charge in [-0.2, -0.15) is 5.10 Å². The lowest BCUT2D eigenvalue weighted by molar-refractivity contribution is -0.908. The van der Waals surface area contributed by atoms with Gasteiger partial charge in [-0.25, -0.2) is 0 Å². The zero-order valence-electron chi connectivity index (χ0n) is 17.5. The molecule has 2 aromatic rings. The van der Waals surface area contributed by atoms with Gasteiger partial charge in [-0.05, 0) is 54.5 Å². The van der Waals surface area contributed by atoms with Crippen LogP contribution in [-0.4, -0.2) is 50.7 Å². The van der Waals surface area contributed by atoms with Gasteiger partial charge < -0.3 is 19.7 Å². The second-order valence-corrected chi connectivity index (χ2v) is 7.84. The first-order valence-electron chi connectivity index (χ1n) is 10.5. The minimum atomic E-state index is 0.543. The van der Waals surface area contributed by atoms with Crippen LogP contribution in [-0.2, 0) is 11.3 Å². The van der Waals surface area contributed by atoms with Gasteiger partial charge in [-0.1, -0.05) is 29.8 Å². The van der Waals surface area contributed by atoms with E-state index < -0.39 is 0 Å². The maximum absolute atomic E-state index is 5.83. The van der Waals surface area contributed by atoms with Crippen molar-refractivity contribution in [1.82, 2.24) is 10.7 Å². The molecule has 160 valence electrons. The predicted octanol–water partition coefficient (Wildman–Crippen LogP) is 1.68. The van der Waals surface area contributed by atoms with Crippen LogP contribution < -0.4 is 20.4 Å². The molecule has 0 spiro atoms. The molecule has 0 aromatic heterocycles. The number of nitrogens with one attached hydrogen (secondary N) is 3. The fourth-order valence-corrected chi connectivity index (χ4v) is 3.31. The molecule has 0 aliphatic carbocycles. The second kappa shape index (κ2) is 12.3. The third-order valence-electron chi connectivity index (χ3n) is 4.98. The Bertz CT molecular complexity index is 803. The van der Waals surface area contributed by atoms with Crippen LogP contribution in [0.4, 0.5) is 0 Å². The van der Waals surface area contributed by atoms with Crippen LogP contribution in [0.5, 0.6) is 5.75 Å². The highest BCUT2D eigenvalue weighted by molar-refractivity contribution is 7.80. The van der Waals surface area contributed by atoms with E-state index in [9.17, 15) is 0 Å². The third kappa shape index (κ3) is 8.10. The molecule has 7 heteroatoms. The van der Waals surface area contributed by atoms with Gasteiger partial charge in [0.05, 0.1) is 26.0 Å². The summed E-state index contributed by atoms with van der Waals surface area (Å²) in [6.45, 7) is 8.57. The number of aryl methyl sites for hydroxylation is 1. The molecule has 1 aliphatic rings. The van der Waals surface area contributed by atoms with Gasteiger partial charge in [0, 0.05) is 13.0 Å². The van der Waals surface area contributed by atoms with Crippen molar-refractivity contribution in [3.8, 4) is 5.75 Å². The van der Waals surface area contributed by atoms with Crippen LogP contribution in [0.2, 0.25) is 0 Å². The summed E-state index contributed by atoms with van der Waals surface area (Å²) in [5.74, 6) is 0.834. The zero-order chi connectivity index (χ0) is 21.0. The first kappa shape index (κ1) is 22.2. The van der Waals surface area contributed by atoms with E-state index in [-0.39, 0.29) is 0 Å². The summed E-state index contributed by atoms with van der Waals surface area (Å²) in [4.78, 5) is 1.60. The molecule has 0 bridgehead atoms. The average Bonchev–Trinajstić information content (AvgIpc) is 2.78. The Hall–Kier alpha value is -2.48. The Morgan fingerprint density at radius 2 is 1.87 bits per heavy atom. The summed E-state index contributed by atoms with van der Waals surface area (Å²) >= 11 is 5.27. The Morgan fingerprint density at radius 3 is 2.60 bits per heavy atom. The van der Waals surface area contributed by atoms with E-state index in [1.54, 1.807) is 11.1 Å². The number of rotatable bonds is 9. The molecule has 3 N–H and O–H groups in total. The molecular weight excluding hydrogens is 396 g/mol. The fraction of sp³-hybridized carbons (Fsp3) is 0.391. The largest absolute Gasteiger partial charge is 0.489 e. The van der Waals surface area contributed by atoms with Crippen molar-refractivity contribution in [2.24, 2.45) is 5.10 Å². The molecule has 1 saturated heterocycles. The maximum atomic E-state index is 5.83. The monoisotopic (exact) mass is 427 g/mol. The molecule has 3 rings (SSSR count). The van der Waals surface area contributed by atoms with Crippen LogP contribution in [0.1, 0.15) is 23.1 Å². The fourth-order valence-electron chi connectivity index (χ4n) is 3.16. The summed E-state index contributed by atoms with van der Waals surface area (Å²) in [7, 11) is 0. The van der Waals surface area contributed by atoms with E-state index in [1.165, 1.54) is 5.56 Å². The summed E-state index contributed by atoms with van der Waals surface area (Å²) in [5.41, 5.74) is 6.25. The summed E-state index contributed by atoms with van der Waals surface area (Å²) in [6, 6.07) is 16.2. The van der Waals surface area contributed by atoms with E-state index in [0.717, 1.165) is 62.7 Å². The van der Waals surface area contributed by atoms with Crippen molar-refractivity contribution < 1.29 is 14.4 Å². The van der Waals surface area contributed by atoms with Crippen LogP contribution in [0.3, 0.4) is 0 Å². The highest BCUT2D eigenvalue weighted by atomic mass is 32.1. The van der Waals surface area contributed by atoms with Crippen molar-refractivity contribution in [1.29, 1.82) is 0 Å². The molecule has 1 aliphatic heterocycles. The van der Waals surface area contributed by atoms with E-state index >= 15 is 0 Å². The van der Waals surface area contributed by atoms with Gasteiger partial charge >= 0.3 is 0 Å². The van der Waals surface area contributed by atoms with E-state index in [2.05, 4.69) is 47.0 Å². The maximum Gasteiger partial charge on any atom is 0.186 e. The number of morpholine rings is 1. The normalized spacial score (nSPS) is 14.6.